The molecule has 0 radical (unpaired) electrons. The second-order valence-electron chi connectivity index (χ2n) is 4.75. The highest BCUT2D eigenvalue weighted by atomic mass is 16.5. The summed E-state index contributed by atoms with van der Waals surface area (Å²) in [6, 6.07) is 7.93. The van der Waals surface area contributed by atoms with Gasteiger partial charge in [-0.25, -0.2) is 0 Å². The number of aryl methyl sites for hydroxylation is 1. The predicted molar refractivity (Wildman–Crippen MR) is 83.4 cm³/mol. The van der Waals surface area contributed by atoms with E-state index in [1.165, 1.54) is 16.5 Å². The zero-order chi connectivity index (χ0) is 15.5. The smallest absolute Gasteiger partial charge is 0.246 e. The van der Waals surface area contributed by atoms with E-state index >= 15 is 0 Å². The number of carbonyl (C=O) groups excluding carboxylic acids is 1. The van der Waals surface area contributed by atoms with Gasteiger partial charge in [-0.15, -0.1) is 0 Å². The van der Waals surface area contributed by atoms with Gasteiger partial charge in [-0.1, -0.05) is 23.8 Å². The second-order valence-corrected chi connectivity index (χ2v) is 4.75. The van der Waals surface area contributed by atoms with Crippen molar-refractivity contribution in [1.82, 2.24) is 10.2 Å². The van der Waals surface area contributed by atoms with Crippen LogP contribution in [0.2, 0.25) is 0 Å². The van der Waals surface area contributed by atoms with Crippen molar-refractivity contribution in [3.8, 4) is 5.75 Å². The third kappa shape index (κ3) is 7.48. The number of nitrogens with one attached hydrogen (secondary N) is 1. The highest BCUT2D eigenvalue weighted by Crippen LogP contribution is 2.10. The van der Waals surface area contributed by atoms with Crippen molar-refractivity contribution in [2.24, 2.45) is 0 Å². The lowest BCUT2D eigenvalue weighted by Gasteiger charge is -2.12. The van der Waals surface area contributed by atoms with E-state index in [1.54, 1.807) is 13.1 Å². The standard InChI is InChI=1S/C16H24N2O3/c1-14-5-7-15(8-6-14)21-13-10-17-9-3-4-16(20)18(2)11-12-19/h3-8,17,19H,9-13H2,1-2H3/b4-3+. The minimum absolute atomic E-state index is 0.0231. The van der Waals surface area contributed by atoms with Crippen LogP contribution >= 0.6 is 0 Å². The molecule has 5 nitrogen and oxygen atoms in total. The van der Waals surface area contributed by atoms with E-state index in [1.807, 2.05) is 31.2 Å². The number of carbonyl (C=O) groups is 1. The van der Waals surface area contributed by atoms with Gasteiger partial charge in [0.25, 0.3) is 0 Å². The van der Waals surface area contributed by atoms with Gasteiger partial charge >= 0.3 is 0 Å². The fraction of sp³-hybridized carbons (Fsp3) is 0.438. The molecule has 1 aromatic carbocycles. The van der Waals surface area contributed by atoms with E-state index in [-0.39, 0.29) is 12.5 Å². The molecular formula is C16H24N2O3. The maximum absolute atomic E-state index is 11.5. The molecule has 0 aliphatic heterocycles. The van der Waals surface area contributed by atoms with Crippen LogP contribution in [0.3, 0.4) is 0 Å². The first kappa shape index (κ1) is 17.2. The zero-order valence-corrected chi connectivity index (χ0v) is 12.7. The van der Waals surface area contributed by atoms with Crippen molar-refractivity contribution in [2.45, 2.75) is 6.92 Å². The number of ether oxygens (including phenoxy) is 1. The highest BCUT2D eigenvalue weighted by Gasteiger charge is 2.01. The summed E-state index contributed by atoms with van der Waals surface area (Å²) in [6.45, 7) is 4.26. The Morgan fingerprint density at radius 1 is 1.38 bits per heavy atom. The largest absolute Gasteiger partial charge is 0.492 e. The van der Waals surface area contributed by atoms with E-state index in [0.717, 1.165) is 5.75 Å². The molecule has 0 saturated carbocycles. The first-order valence-electron chi connectivity index (χ1n) is 7.06. The number of likely N-dealkylation sites (N-methyl/N-ethyl adjacent to an activating group) is 1. The average molecular weight is 292 g/mol. The van der Waals surface area contributed by atoms with E-state index < -0.39 is 0 Å². The Kier molecular flexibility index (Phi) is 8.16. The van der Waals surface area contributed by atoms with Crippen molar-refractivity contribution in [3.05, 3.63) is 42.0 Å². The van der Waals surface area contributed by atoms with Gasteiger partial charge < -0.3 is 20.1 Å². The summed E-state index contributed by atoms with van der Waals surface area (Å²) >= 11 is 0. The Labute approximate surface area is 126 Å². The van der Waals surface area contributed by atoms with Crippen molar-refractivity contribution in [2.75, 3.05) is 39.9 Å². The third-order valence-corrected chi connectivity index (χ3v) is 2.90. The topological polar surface area (TPSA) is 61.8 Å². The molecule has 0 spiro atoms. The van der Waals surface area contributed by atoms with Gasteiger partial charge in [0.15, 0.2) is 0 Å². The van der Waals surface area contributed by atoms with Gasteiger partial charge in [-0.2, -0.15) is 0 Å². The highest BCUT2D eigenvalue weighted by molar-refractivity contribution is 5.87. The Morgan fingerprint density at radius 3 is 2.76 bits per heavy atom. The first-order chi connectivity index (χ1) is 10.1. The summed E-state index contributed by atoms with van der Waals surface area (Å²) in [6.07, 6.45) is 3.27. The molecule has 0 unspecified atom stereocenters. The predicted octanol–water partition coefficient (Wildman–Crippen LogP) is 0.970. The Bertz CT molecular complexity index is 443. The molecule has 0 aliphatic rings. The Balaban J connectivity index is 2.09. The number of nitrogens with zero attached hydrogens (tertiary/aromatic N) is 1. The van der Waals surface area contributed by atoms with Gasteiger partial charge in [-0.3, -0.25) is 4.79 Å². The molecule has 21 heavy (non-hydrogen) atoms. The Hall–Kier alpha value is -1.85. The number of amides is 1. The summed E-state index contributed by atoms with van der Waals surface area (Å²) < 4.78 is 5.57. The van der Waals surface area contributed by atoms with Crippen molar-refractivity contribution in [3.63, 3.8) is 0 Å². The molecule has 0 heterocycles. The lowest BCUT2D eigenvalue weighted by molar-refractivity contribution is -0.125. The number of benzene rings is 1. The molecule has 0 bridgehead atoms. The lowest BCUT2D eigenvalue weighted by atomic mass is 10.2. The second kappa shape index (κ2) is 9.96. The molecule has 0 aliphatic carbocycles. The van der Waals surface area contributed by atoms with Crippen LogP contribution in [0.15, 0.2) is 36.4 Å². The number of aliphatic hydroxyl groups excluding tert-OH is 1. The van der Waals surface area contributed by atoms with Gasteiger partial charge in [0.05, 0.1) is 6.61 Å². The first-order valence-corrected chi connectivity index (χ1v) is 7.06. The van der Waals surface area contributed by atoms with E-state index in [4.69, 9.17) is 9.84 Å². The molecule has 1 aromatic rings. The monoisotopic (exact) mass is 292 g/mol. The maximum Gasteiger partial charge on any atom is 0.246 e. The average Bonchev–Trinajstić information content (AvgIpc) is 2.48. The number of rotatable bonds is 9. The normalized spacial score (nSPS) is 10.8. The van der Waals surface area contributed by atoms with Crippen LogP contribution in [0, 0.1) is 6.92 Å². The fourth-order valence-corrected chi connectivity index (χ4v) is 1.61. The van der Waals surface area contributed by atoms with Crippen LogP contribution in [0.1, 0.15) is 5.56 Å². The van der Waals surface area contributed by atoms with Crippen LogP contribution in [-0.4, -0.2) is 55.8 Å². The summed E-state index contributed by atoms with van der Waals surface area (Å²) in [5, 5.41) is 11.9. The molecular weight excluding hydrogens is 268 g/mol. The van der Waals surface area contributed by atoms with Crippen LogP contribution in [0.4, 0.5) is 0 Å². The van der Waals surface area contributed by atoms with Gasteiger partial charge in [0.2, 0.25) is 5.91 Å². The maximum atomic E-state index is 11.5. The summed E-state index contributed by atoms with van der Waals surface area (Å²) in [5.74, 6) is 0.750. The van der Waals surface area contributed by atoms with E-state index in [2.05, 4.69) is 5.32 Å². The zero-order valence-electron chi connectivity index (χ0n) is 12.7. The van der Waals surface area contributed by atoms with Gasteiger partial charge in [0, 0.05) is 32.8 Å². The molecule has 1 amide bonds. The number of aliphatic hydroxyl groups is 1. The van der Waals surface area contributed by atoms with Crippen molar-refractivity contribution < 1.29 is 14.6 Å². The number of hydrogen-bond acceptors (Lipinski definition) is 4. The van der Waals surface area contributed by atoms with Crippen LogP contribution in [0.5, 0.6) is 5.75 Å². The SMILES string of the molecule is Cc1ccc(OCCNC/C=C/C(=O)N(C)CCO)cc1. The number of hydrogen-bond donors (Lipinski definition) is 2. The molecule has 0 aromatic heterocycles. The van der Waals surface area contributed by atoms with E-state index in [0.29, 0.717) is 26.2 Å². The fourth-order valence-electron chi connectivity index (χ4n) is 1.61. The van der Waals surface area contributed by atoms with Crippen molar-refractivity contribution >= 4 is 5.91 Å². The minimum atomic E-state index is -0.109. The van der Waals surface area contributed by atoms with E-state index in [9.17, 15) is 4.79 Å². The molecule has 0 saturated heterocycles. The third-order valence-electron chi connectivity index (χ3n) is 2.90. The van der Waals surface area contributed by atoms with Crippen LogP contribution < -0.4 is 10.1 Å². The molecule has 0 fully saturated rings. The Morgan fingerprint density at radius 2 is 2.10 bits per heavy atom. The summed E-state index contributed by atoms with van der Waals surface area (Å²) in [5.41, 5.74) is 1.21. The molecule has 2 N–H and O–H groups in total. The quantitative estimate of drug-likeness (QED) is 0.526. The molecule has 1 rings (SSSR count). The van der Waals surface area contributed by atoms with Crippen LogP contribution in [-0.2, 0) is 4.79 Å². The van der Waals surface area contributed by atoms with Crippen LogP contribution in [0.25, 0.3) is 0 Å². The summed E-state index contributed by atoms with van der Waals surface area (Å²) in [7, 11) is 1.66. The van der Waals surface area contributed by atoms with Gasteiger partial charge in [-0.05, 0) is 19.1 Å². The van der Waals surface area contributed by atoms with Gasteiger partial charge in [0.1, 0.15) is 12.4 Å². The minimum Gasteiger partial charge on any atom is -0.492 e. The molecule has 0 atom stereocenters. The summed E-state index contributed by atoms with van der Waals surface area (Å²) in [4.78, 5) is 13.0. The lowest BCUT2D eigenvalue weighted by Crippen LogP contribution is -2.28. The van der Waals surface area contributed by atoms with Crippen molar-refractivity contribution in [1.29, 1.82) is 0 Å². The molecule has 116 valence electrons. The molecule has 5 heteroatoms.